The van der Waals surface area contributed by atoms with Crippen LogP contribution in [-0.2, 0) is 0 Å². The summed E-state index contributed by atoms with van der Waals surface area (Å²) < 4.78 is 13.2. The number of hydrogen-bond acceptors (Lipinski definition) is 4. The average molecular weight is 246 g/mol. The van der Waals surface area contributed by atoms with Gasteiger partial charge < -0.3 is 4.98 Å². The Morgan fingerprint density at radius 1 is 1.24 bits per heavy atom. The van der Waals surface area contributed by atoms with E-state index in [4.69, 9.17) is 0 Å². The lowest BCUT2D eigenvalue weighted by atomic mass is 10.2. The second kappa shape index (κ2) is 4.14. The first-order valence-electron chi connectivity index (χ1n) is 4.91. The van der Waals surface area contributed by atoms with Crippen molar-refractivity contribution in [2.75, 3.05) is 0 Å². The molecule has 0 aliphatic heterocycles. The van der Waals surface area contributed by atoms with Gasteiger partial charge in [-0.2, -0.15) is 0 Å². The van der Waals surface area contributed by atoms with Crippen LogP contribution in [0.1, 0.15) is 0 Å². The Balaban J connectivity index is 2.12. The number of fused-ring (bicyclic) bond motifs is 1. The van der Waals surface area contributed by atoms with Crippen LogP contribution in [0.15, 0.2) is 47.0 Å². The SMILES string of the molecule is Fc1ccc2ccnc(Sc3nnc[nH]3)c2c1. The van der Waals surface area contributed by atoms with E-state index < -0.39 is 0 Å². The molecular formula is C11H7FN4S. The molecule has 3 rings (SSSR count). The maximum absolute atomic E-state index is 13.2. The van der Waals surface area contributed by atoms with Gasteiger partial charge in [0, 0.05) is 11.6 Å². The van der Waals surface area contributed by atoms with Crippen LogP contribution in [-0.4, -0.2) is 20.2 Å². The molecule has 0 amide bonds. The Morgan fingerprint density at radius 3 is 3.00 bits per heavy atom. The Kier molecular flexibility index (Phi) is 2.49. The van der Waals surface area contributed by atoms with E-state index in [1.54, 1.807) is 12.3 Å². The predicted molar refractivity (Wildman–Crippen MR) is 62.2 cm³/mol. The topological polar surface area (TPSA) is 54.5 Å². The van der Waals surface area contributed by atoms with Crippen LogP contribution in [0.5, 0.6) is 0 Å². The molecule has 0 atom stereocenters. The van der Waals surface area contributed by atoms with Crippen molar-refractivity contribution in [3.8, 4) is 0 Å². The van der Waals surface area contributed by atoms with E-state index in [2.05, 4.69) is 20.2 Å². The number of hydrogen-bond donors (Lipinski definition) is 1. The molecular weight excluding hydrogens is 239 g/mol. The minimum atomic E-state index is -0.273. The molecule has 0 saturated heterocycles. The van der Waals surface area contributed by atoms with Crippen molar-refractivity contribution >= 4 is 22.5 Å². The lowest BCUT2D eigenvalue weighted by Crippen LogP contribution is -1.85. The molecule has 1 aromatic carbocycles. The summed E-state index contributed by atoms with van der Waals surface area (Å²) >= 11 is 1.33. The molecule has 4 nitrogen and oxygen atoms in total. The van der Waals surface area contributed by atoms with Crippen LogP contribution in [0.4, 0.5) is 4.39 Å². The molecule has 0 saturated carbocycles. The van der Waals surface area contributed by atoms with E-state index in [1.165, 1.54) is 30.2 Å². The molecule has 0 aliphatic rings. The molecule has 17 heavy (non-hydrogen) atoms. The number of aromatic amines is 1. The number of nitrogens with one attached hydrogen (secondary N) is 1. The first-order valence-corrected chi connectivity index (χ1v) is 5.73. The van der Waals surface area contributed by atoms with Crippen LogP contribution in [0.2, 0.25) is 0 Å². The van der Waals surface area contributed by atoms with Gasteiger partial charge in [0.05, 0.1) is 0 Å². The maximum Gasteiger partial charge on any atom is 0.194 e. The van der Waals surface area contributed by atoms with Crippen LogP contribution in [0.25, 0.3) is 10.8 Å². The predicted octanol–water partition coefficient (Wildman–Crippen LogP) is 2.64. The van der Waals surface area contributed by atoms with Crippen LogP contribution < -0.4 is 0 Å². The Labute approximate surface area is 100 Å². The van der Waals surface area contributed by atoms with Gasteiger partial charge in [-0.15, -0.1) is 10.2 Å². The van der Waals surface area contributed by atoms with Crippen molar-refractivity contribution in [2.24, 2.45) is 0 Å². The van der Waals surface area contributed by atoms with Crippen molar-refractivity contribution in [1.82, 2.24) is 20.2 Å². The van der Waals surface area contributed by atoms with Gasteiger partial charge in [-0.3, -0.25) is 0 Å². The zero-order valence-corrected chi connectivity index (χ0v) is 9.41. The van der Waals surface area contributed by atoms with E-state index in [1.807, 2.05) is 6.07 Å². The fourth-order valence-corrected chi connectivity index (χ4v) is 2.31. The van der Waals surface area contributed by atoms with E-state index in [0.717, 1.165) is 10.8 Å². The lowest BCUT2D eigenvalue weighted by molar-refractivity contribution is 0.629. The fraction of sp³-hybridized carbons (Fsp3) is 0. The lowest BCUT2D eigenvalue weighted by Gasteiger charge is -2.02. The summed E-state index contributed by atoms with van der Waals surface area (Å²) in [7, 11) is 0. The summed E-state index contributed by atoms with van der Waals surface area (Å²) in [4.78, 5) is 7.10. The Bertz CT molecular complexity index is 654. The smallest absolute Gasteiger partial charge is 0.194 e. The number of rotatable bonds is 2. The minimum Gasteiger partial charge on any atom is -0.322 e. The van der Waals surface area contributed by atoms with E-state index in [0.29, 0.717) is 10.2 Å². The van der Waals surface area contributed by atoms with Gasteiger partial charge in [-0.1, -0.05) is 6.07 Å². The van der Waals surface area contributed by atoms with Gasteiger partial charge in [-0.05, 0) is 35.3 Å². The Hall–Kier alpha value is -1.95. The largest absolute Gasteiger partial charge is 0.322 e. The summed E-state index contributed by atoms with van der Waals surface area (Å²) in [6.45, 7) is 0. The van der Waals surface area contributed by atoms with Crippen molar-refractivity contribution in [3.63, 3.8) is 0 Å². The molecule has 0 radical (unpaired) electrons. The number of nitrogens with zero attached hydrogens (tertiary/aromatic N) is 3. The molecule has 2 aromatic heterocycles. The summed E-state index contributed by atoms with van der Waals surface area (Å²) in [6.07, 6.45) is 3.19. The van der Waals surface area contributed by atoms with Gasteiger partial charge in [0.15, 0.2) is 5.16 Å². The van der Waals surface area contributed by atoms with Crippen molar-refractivity contribution in [2.45, 2.75) is 10.2 Å². The highest BCUT2D eigenvalue weighted by atomic mass is 32.2. The van der Waals surface area contributed by atoms with Crippen LogP contribution in [0.3, 0.4) is 0 Å². The van der Waals surface area contributed by atoms with Crippen molar-refractivity contribution in [3.05, 3.63) is 42.6 Å². The number of benzene rings is 1. The van der Waals surface area contributed by atoms with Crippen molar-refractivity contribution < 1.29 is 4.39 Å². The third-order valence-electron chi connectivity index (χ3n) is 2.28. The molecule has 6 heteroatoms. The Morgan fingerprint density at radius 2 is 2.18 bits per heavy atom. The second-order valence-corrected chi connectivity index (χ2v) is 4.36. The molecule has 0 bridgehead atoms. The van der Waals surface area contributed by atoms with Crippen molar-refractivity contribution in [1.29, 1.82) is 0 Å². The summed E-state index contributed by atoms with van der Waals surface area (Å²) in [5.74, 6) is -0.273. The molecule has 0 spiro atoms. The third kappa shape index (κ3) is 1.99. The van der Waals surface area contributed by atoms with Gasteiger partial charge in [0.25, 0.3) is 0 Å². The quantitative estimate of drug-likeness (QED) is 0.755. The first kappa shape index (κ1) is 10.2. The third-order valence-corrected chi connectivity index (χ3v) is 3.19. The standard InChI is InChI=1S/C11H7FN4S/c12-8-2-1-7-3-4-13-10(9(7)5-8)17-11-14-6-15-16-11/h1-6H,(H,14,15,16). The number of pyridine rings is 1. The molecule has 0 aliphatic carbocycles. The zero-order valence-electron chi connectivity index (χ0n) is 8.59. The number of aromatic nitrogens is 4. The molecule has 0 fully saturated rings. The molecule has 3 aromatic rings. The van der Waals surface area contributed by atoms with Gasteiger partial charge in [-0.25, -0.2) is 9.37 Å². The average Bonchev–Trinajstić information content (AvgIpc) is 2.83. The minimum absolute atomic E-state index is 0.273. The fourth-order valence-electron chi connectivity index (χ4n) is 1.53. The molecule has 2 heterocycles. The van der Waals surface area contributed by atoms with Gasteiger partial charge in [0.1, 0.15) is 17.2 Å². The normalized spacial score (nSPS) is 10.9. The highest BCUT2D eigenvalue weighted by Crippen LogP contribution is 2.29. The molecule has 84 valence electrons. The van der Waals surface area contributed by atoms with E-state index in [-0.39, 0.29) is 5.82 Å². The van der Waals surface area contributed by atoms with Gasteiger partial charge >= 0.3 is 0 Å². The monoisotopic (exact) mass is 246 g/mol. The summed E-state index contributed by atoms with van der Waals surface area (Å²) in [6, 6.07) is 6.49. The first-order chi connectivity index (χ1) is 8.33. The van der Waals surface area contributed by atoms with Gasteiger partial charge in [0.2, 0.25) is 0 Å². The summed E-state index contributed by atoms with van der Waals surface area (Å²) in [5.41, 5.74) is 0. The maximum atomic E-state index is 13.2. The highest BCUT2D eigenvalue weighted by molar-refractivity contribution is 7.99. The second-order valence-electron chi connectivity index (χ2n) is 3.38. The van der Waals surface area contributed by atoms with E-state index in [9.17, 15) is 4.39 Å². The molecule has 0 unspecified atom stereocenters. The molecule has 1 N–H and O–H groups in total. The summed E-state index contributed by atoms with van der Waals surface area (Å²) in [5, 5.41) is 10.6. The van der Waals surface area contributed by atoms with E-state index >= 15 is 0 Å². The number of halogens is 1. The van der Waals surface area contributed by atoms with Crippen LogP contribution in [0, 0.1) is 5.82 Å². The van der Waals surface area contributed by atoms with Crippen LogP contribution >= 0.6 is 11.8 Å². The zero-order chi connectivity index (χ0) is 11.7. The highest BCUT2D eigenvalue weighted by Gasteiger charge is 2.07. The number of H-pyrrole nitrogens is 1.